The molecule has 1 aromatic carbocycles. The summed E-state index contributed by atoms with van der Waals surface area (Å²) in [5.74, 6) is -1.98. The number of hydrogen-bond acceptors (Lipinski definition) is 3. The summed E-state index contributed by atoms with van der Waals surface area (Å²) in [6.07, 6.45) is 1.76. The van der Waals surface area contributed by atoms with E-state index in [4.69, 9.17) is 5.73 Å². The highest BCUT2D eigenvalue weighted by Gasteiger charge is 2.35. The second-order valence-electron chi connectivity index (χ2n) is 4.57. The normalized spacial score (nSPS) is 24.7. The molecule has 2 unspecified atom stereocenters. The molecule has 2 rings (SSSR count). The van der Waals surface area contributed by atoms with Crippen molar-refractivity contribution in [2.24, 2.45) is 5.73 Å². The van der Waals surface area contributed by atoms with E-state index in [0.717, 1.165) is 12.5 Å². The van der Waals surface area contributed by atoms with Gasteiger partial charge in [0, 0.05) is 11.6 Å². The Hall–Kier alpha value is -1.01. The molecule has 0 radical (unpaired) electrons. The lowest BCUT2D eigenvalue weighted by Crippen LogP contribution is -2.38. The summed E-state index contributed by atoms with van der Waals surface area (Å²) in [5.41, 5.74) is 5.76. The van der Waals surface area contributed by atoms with E-state index < -0.39 is 32.8 Å². The Morgan fingerprint density at radius 3 is 2.67 bits per heavy atom. The van der Waals surface area contributed by atoms with Gasteiger partial charge in [0.2, 0.25) is 0 Å². The minimum atomic E-state index is -3.31. The van der Waals surface area contributed by atoms with Gasteiger partial charge in [0.15, 0.2) is 21.5 Å². The van der Waals surface area contributed by atoms with Gasteiger partial charge in [0.05, 0.1) is 11.0 Å². The van der Waals surface area contributed by atoms with Gasteiger partial charge in [-0.05, 0) is 18.9 Å². The third-order valence-corrected chi connectivity index (χ3v) is 5.68. The molecule has 1 aliphatic rings. The lowest BCUT2D eigenvalue weighted by molar-refractivity contribution is 0.465. The highest BCUT2D eigenvalue weighted by molar-refractivity contribution is 7.92. The molecule has 0 saturated carbocycles. The molecule has 2 atom stereocenters. The summed E-state index contributed by atoms with van der Waals surface area (Å²) >= 11 is 0. The summed E-state index contributed by atoms with van der Waals surface area (Å²) in [6.45, 7) is 0. The van der Waals surface area contributed by atoms with Crippen molar-refractivity contribution in [1.29, 1.82) is 0 Å². The molecule has 1 aliphatic heterocycles. The van der Waals surface area contributed by atoms with Gasteiger partial charge >= 0.3 is 0 Å². The predicted molar refractivity (Wildman–Crippen MR) is 64.7 cm³/mol. The van der Waals surface area contributed by atoms with Crippen molar-refractivity contribution in [2.75, 3.05) is 5.75 Å². The van der Waals surface area contributed by atoms with Crippen molar-refractivity contribution in [2.45, 2.75) is 30.6 Å². The highest BCUT2D eigenvalue weighted by Crippen LogP contribution is 2.30. The summed E-state index contributed by atoms with van der Waals surface area (Å²) < 4.78 is 50.5. The third kappa shape index (κ3) is 2.40. The first kappa shape index (κ1) is 13.4. The largest absolute Gasteiger partial charge is 0.323 e. The molecular weight excluding hydrogens is 260 g/mol. The average Bonchev–Trinajstić information content (AvgIpc) is 2.31. The van der Waals surface area contributed by atoms with Crippen molar-refractivity contribution < 1.29 is 17.2 Å². The first-order chi connectivity index (χ1) is 8.43. The topological polar surface area (TPSA) is 60.2 Å². The Balaban J connectivity index is 2.36. The van der Waals surface area contributed by atoms with E-state index in [1.54, 1.807) is 0 Å². The number of rotatable bonds is 2. The van der Waals surface area contributed by atoms with Crippen molar-refractivity contribution >= 4 is 9.84 Å². The van der Waals surface area contributed by atoms with Crippen LogP contribution in [-0.4, -0.2) is 19.4 Å². The van der Waals surface area contributed by atoms with Gasteiger partial charge < -0.3 is 5.73 Å². The zero-order valence-corrected chi connectivity index (χ0v) is 10.6. The molecule has 18 heavy (non-hydrogen) atoms. The summed E-state index contributed by atoms with van der Waals surface area (Å²) in [6, 6.07) is 2.66. The molecule has 1 aromatic rings. The van der Waals surface area contributed by atoms with Crippen LogP contribution in [0.4, 0.5) is 8.78 Å². The molecule has 0 bridgehead atoms. The minimum Gasteiger partial charge on any atom is -0.323 e. The fourth-order valence-corrected chi connectivity index (χ4v) is 4.39. The van der Waals surface area contributed by atoms with Crippen LogP contribution in [0.1, 0.15) is 30.9 Å². The van der Waals surface area contributed by atoms with E-state index in [-0.39, 0.29) is 11.3 Å². The van der Waals surface area contributed by atoms with Gasteiger partial charge in [-0.15, -0.1) is 0 Å². The standard InChI is InChI=1S/C12H15F2NO2S/c13-9-5-3-4-8(11(9)14)12(15)10-6-1-2-7-18(10,16)17/h3-5,10,12H,1-2,6-7,15H2. The molecule has 0 aromatic heterocycles. The number of benzene rings is 1. The van der Waals surface area contributed by atoms with Gasteiger partial charge in [-0.2, -0.15) is 0 Å². The predicted octanol–water partition coefficient (Wildman–Crippen LogP) is 1.93. The van der Waals surface area contributed by atoms with E-state index in [1.165, 1.54) is 12.1 Å². The van der Waals surface area contributed by atoms with Crippen LogP contribution in [0, 0.1) is 11.6 Å². The van der Waals surface area contributed by atoms with Gasteiger partial charge in [-0.1, -0.05) is 18.6 Å². The summed E-state index contributed by atoms with van der Waals surface area (Å²) in [7, 11) is -3.31. The molecule has 2 N–H and O–H groups in total. The fraction of sp³-hybridized carbons (Fsp3) is 0.500. The molecule has 100 valence electrons. The Morgan fingerprint density at radius 2 is 2.00 bits per heavy atom. The fourth-order valence-electron chi connectivity index (χ4n) is 2.36. The van der Waals surface area contributed by atoms with Crippen molar-refractivity contribution in [3.63, 3.8) is 0 Å². The SMILES string of the molecule is NC(c1cccc(F)c1F)C1CCCCS1(=O)=O. The number of nitrogens with two attached hydrogens (primary N) is 1. The van der Waals surface area contributed by atoms with Crippen LogP contribution < -0.4 is 5.73 Å². The van der Waals surface area contributed by atoms with Gasteiger partial charge in [-0.3, -0.25) is 0 Å². The third-order valence-electron chi connectivity index (χ3n) is 3.37. The first-order valence-electron chi connectivity index (χ1n) is 5.84. The molecule has 0 spiro atoms. The van der Waals surface area contributed by atoms with E-state index in [0.29, 0.717) is 12.8 Å². The van der Waals surface area contributed by atoms with E-state index in [9.17, 15) is 17.2 Å². The summed E-state index contributed by atoms with van der Waals surface area (Å²) in [5, 5.41) is -0.817. The molecule has 1 saturated heterocycles. The molecule has 0 amide bonds. The van der Waals surface area contributed by atoms with E-state index in [2.05, 4.69) is 0 Å². The smallest absolute Gasteiger partial charge is 0.163 e. The second kappa shape index (κ2) is 4.93. The minimum absolute atomic E-state index is 0.0644. The molecule has 1 heterocycles. The molecule has 0 aliphatic carbocycles. The maximum Gasteiger partial charge on any atom is 0.163 e. The Bertz CT molecular complexity index is 545. The van der Waals surface area contributed by atoms with Crippen LogP contribution in [-0.2, 0) is 9.84 Å². The molecule has 6 heteroatoms. The van der Waals surface area contributed by atoms with Crippen molar-refractivity contribution in [3.8, 4) is 0 Å². The molecular formula is C12H15F2NO2S. The second-order valence-corrected chi connectivity index (χ2v) is 6.91. The van der Waals surface area contributed by atoms with E-state index >= 15 is 0 Å². The first-order valence-corrected chi connectivity index (χ1v) is 7.56. The average molecular weight is 275 g/mol. The zero-order valence-electron chi connectivity index (χ0n) is 9.77. The van der Waals surface area contributed by atoms with Crippen LogP contribution in [0.2, 0.25) is 0 Å². The van der Waals surface area contributed by atoms with Crippen molar-refractivity contribution in [3.05, 3.63) is 35.4 Å². The van der Waals surface area contributed by atoms with Gasteiger partial charge in [-0.25, -0.2) is 17.2 Å². The van der Waals surface area contributed by atoms with Crippen LogP contribution in [0.15, 0.2) is 18.2 Å². The van der Waals surface area contributed by atoms with Crippen molar-refractivity contribution in [1.82, 2.24) is 0 Å². The Morgan fingerprint density at radius 1 is 1.28 bits per heavy atom. The maximum atomic E-state index is 13.6. The highest BCUT2D eigenvalue weighted by atomic mass is 32.2. The lowest BCUT2D eigenvalue weighted by atomic mass is 10.00. The van der Waals surface area contributed by atoms with Crippen LogP contribution >= 0.6 is 0 Å². The monoisotopic (exact) mass is 275 g/mol. The van der Waals surface area contributed by atoms with Crippen LogP contribution in [0.25, 0.3) is 0 Å². The van der Waals surface area contributed by atoms with Crippen LogP contribution in [0.3, 0.4) is 0 Å². The maximum absolute atomic E-state index is 13.6. The van der Waals surface area contributed by atoms with Crippen LogP contribution in [0.5, 0.6) is 0 Å². The van der Waals surface area contributed by atoms with Gasteiger partial charge in [0.25, 0.3) is 0 Å². The lowest BCUT2D eigenvalue weighted by Gasteiger charge is -2.27. The number of hydrogen-bond donors (Lipinski definition) is 1. The number of sulfone groups is 1. The summed E-state index contributed by atoms with van der Waals surface area (Å²) in [4.78, 5) is 0. The number of halogens is 2. The van der Waals surface area contributed by atoms with E-state index in [1.807, 2.05) is 0 Å². The Labute approximate surface area is 105 Å². The molecule has 3 nitrogen and oxygen atoms in total. The molecule has 1 fully saturated rings. The zero-order chi connectivity index (χ0) is 13.3. The van der Waals surface area contributed by atoms with Gasteiger partial charge in [0.1, 0.15) is 0 Å². The Kier molecular flexibility index (Phi) is 3.68. The quantitative estimate of drug-likeness (QED) is 0.897.